The summed E-state index contributed by atoms with van der Waals surface area (Å²) in [5.41, 5.74) is 0.164. The van der Waals surface area contributed by atoms with Crippen LogP contribution in [0.5, 0.6) is 0 Å². The molecule has 1 aliphatic heterocycles. The third kappa shape index (κ3) is 3.18. The third-order valence-corrected chi connectivity index (χ3v) is 3.99. The van der Waals surface area contributed by atoms with Crippen molar-refractivity contribution in [2.75, 3.05) is 19.6 Å². The van der Waals surface area contributed by atoms with Crippen molar-refractivity contribution in [1.29, 1.82) is 0 Å². The highest BCUT2D eigenvalue weighted by molar-refractivity contribution is 5.85. The molecule has 3 amide bonds. The smallest absolute Gasteiger partial charge is 0.318 e. The maximum atomic E-state index is 14.0. The van der Waals surface area contributed by atoms with E-state index < -0.39 is 23.7 Å². The van der Waals surface area contributed by atoms with Crippen LogP contribution in [0.3, 0.4) is 0 Å². The van der Waals surface area contributed by atoms with E-state index in [0.29, 0.717) is 13.1 Å². The lowest BCUT2D eigenvalue weighted by molar-refractivity contribution is -0.123. The van der Waals surface area contributed by atoms with E-state index in [2.05, 4.69) is 10.6 Å². The molecule has 2 N–H and O–H groups in total. The van der Waals surface area contributed by atoms with E-state index in [4.69, 9.17) is 0 Å². The molecule has 1 aromatic carbocycles. The monoisotopic (exact) mass is 309 g/mol. The summed E-state index contributed by atoms with van der Waals surface area (Å²) in [6.45, 7) is 0.782. The van der Waals surface area contributed by atoms with Crippen molar-refractivity contribution in [3.05, 3.63) is 35.4 Å². The molecule has 0 unspecified atom stereocenters. The van der Waals surface area contributed by atoms with Crippen molar-refractivity contribution >= 4 is 11.9 Å². The molecule has 0 radical (unpaired) electrons. The van der Waals surface area contributed by atoms with Crippen LogP contribution in [-0.4, -0.2) is 36.5 Å². The molecule has 1 saturated heterocycles. The van der Waals surface area contributed by atoms with Gasteiger partial charge in [-0.2, -0.15) is 0 Å². The van der Waals surface area contributed by atoms with E-state index in [1.165, 1.54) is 4.90 Å². The maximum Gasteiger partial charge on any atom is 0.318 e. The van der Waals surface area contributed by atoms with Gasteiger partial charge < -0.3 is 15.5 Å². The van der Waals surface area contributed by atoms with Gasteiger partial charge in [0.05, 0.1) is 6.04 Å². The zero-order chi connectivity index (χ0) is 15.7. The van der Waals surface area contributed by atoms with Crippen LogP contribution in [0.4, 0.5) is 13.6 Å². The highest BCUT2D eigenvalue weighted by atomic mass is 19.1. The highest BCUT2D eigenvalue weighted by Crippen LogP contribution is 2.42. The van der Waals surface area contributed by atoms with E-state index in [1.54, 1.807) is 0 Å². The Balaban J connectivity index is 1.76. The van der Waals surface area contributed by atoms with Crippen LogP contribution < -0.4 is 10.6 Å². The van der Waals surface area contributed by atoms with Gasteiger partial charge in [-0.1, -0.05) is 0 Å². The Hall–Kier alpha value is -2.18. The molecule has 118 valence electrons. The number of piperazine rings is 1. The van der Waals surface area contributed by atoms with Gasteiger partial charge in [-0.05, 0) is 37.0 Å². The minimum absolute atomic E-state index is 0.0190. The first-order chi connectivity index (χ1) is 10.5. The highest BCUT2D eigenvalue weighted by Gasteiger charge is 2.36. The number of hydrogen-bond donors (Lipinski definition) is 2. The summed E-state index contributed by atoms with van der Waals surface area (Å²) in [6, 6.07) is 2.27. The average Bonchev–Trinajstić information content (AvgIpc) is 3.32. The Bertz CT molecular complexity index is 604. The SMILES string of the molecule is O=C1CN(C(=O)N[C@@H](c2cc(F)ccc2F)C2CC2)CCN1. The number of carbonyl (C=O) groups excluding carboxylic acids is 2. The predicted molar refractivity (Wildman–Crippen MR) is 74.9 cm³/mol. The molecule has 0 bridgehead atoms. The molecular formula is C15H17F2N3O2. The first-order valence-corrected chi connectivity index (χ1v) is 7.31. The van der Waals surface area contributed by atoms with Gasteiger partial charge in [0.2, 0.25) is 5.91 Å². The number of benzene rings is 1. The Morgan fingerprint density at radius 3 is 2.82 bits per heavy atom. The Morgan fingerprint density at radius 2 is 2.14 bits per heavy atom. The van der Waals surface area contributed by atoms with E-state index in [1.807, 2.05) is 0 Å². The summed E-state index contributed by atoms with van der Waals surface area (Å²) in [6.07, 6.45) is 1.72. The molecule has 0 aromatic heterocycles. The summed E-state index contributed by atoms with van der Waals surface area (Å²) < 4.78 is 27.4. The lowest BCUT2D eigenvalue weighted by Crippen LogP contribution is -2.53. The number of hydrogen-bond acceptors (Lipinski definition) is 2. The Kier molecular flexibility index (Phi) is 3.96. The Morgan fingerprint density at radius 1 is 1.36 bits per heavy atom. The van der Waals surface area contributed by atoms with Gasteiger partial charge in [-0.3, -0.25) is 4.79 Å². The first-order valence-electron chi connectivity index (χ1n) is 7.31. The van der Waals surface area contributed by atoms with Crippen LogP contribution in [0.1, 0.15) is 24.4 Å². The number of carbonyl (C=O) groups is 2. The summed E-state index contributed by atoms with van der Waals surface area (Å²) in [7, 11) is 0. The number of urea groups is 1. The standard InChI is InChI=1S/C15H17F2N3O2/c16-10-3-4-12(17)11(7-10)14(9-1-2-9)19-15(22)20-6-5-18-13(21)8-20/h3-4,7,9,14H,1-2,5-6,8H2,(H,18,21)(H,19,22)/t14-/m1/s1. The third-order valence-electron chi connectivity index (χ3n) is 3.99. The van der Waals surface area contributed by atoms with Crippen molar-refractivity contribution in [2.24, 2.45) is 5.92 Å². The zero-order valence-corrected chi connectivity index (χ0v) is 11.9. The van der Waals surface area contributed by atoms with E-state index >= 15 is 0 Å². The second kappa shape index (κ2) is 5.90. The summed E-state index contributed by atoms with van der Waals surface area (Å²) in [5.74, 6) is -1.18. The lowest BCUT2D eigenvalue weighted by atomic mass is 10.0. The number of nitrogens with zero attached hydrogens (tertiary/aromatic N) is 1. The summed E-state index contributed by atoms with van der Waals surface area (Å²) in [4.78, 5) is 25.0. The Labute approximate surface area is 126 Å². The van der Waals surface area contributed by atoms with Crippen molar-refractivity contribution in [2.45, 2.75) is 18.9 Å². The van der Waals surface area contributed by atoms with Gasteiger partial charge in [-0.25, -0.2) is 13.6 Å². The molecule has 1 saturated carbocycles. The molecule has 2 fully saturated rings. The van der Waals surface area contributed by atoms with Crippen LogP contribution in [0.15, 0.2) is 18.2 Å². The van der Waals surface area contributed by atoms with E-state index in [9.17, 15) is 18.4 Å². The van der Waals surface area contributed by atoms with Crippen LogP contribution >= 0.6 is 0 Å². The molecule has 5 nitrogen and oxygen atoms in total. The molecule has 1 heterocycles. The topological polar surface area (TPSA) is 61.4 Å². The maximum absolute atomic E-state index is 14.0. The lowest BCUT2D eigenvalue weighted by Gasteiger charge is -2.29. The number of rotatable bonds is 3. The second-order valence-electron chi connectivity index (χ2n) is 5.70. The molecular weight excluding hydrogens is 292 g/mol. The van der Waals surface area contributed by atoms with Crippen molar-refractivity contribution in [1.82, 2.24) is 15.5 Å². The fraction of sp³-hybridized carbons (Fsp3) is 0.467. The summed E-state index contributed by atoms with van der Waals surface area (Å²) >= 11 is 0. The van der Waals surface area contributed by atoms with Gasteiger partial charge in [0, 0.05) is 18.7 Å². The van der Waals surface area contributed by atoms with Gasteiger partial charge in [0.1, 0.15) is 18.2 Å². The van der Waals surface area contributed by atoms with E-state index in [-0.39, 0.29) is 23.9 Å². The molecule has 22 heavy (non-hydrogen) atoms. The normalized spacial score (nSPS) is 19.5. The van der Waals surface area contributed by atoms with Crippen molar-refractivity contribution < 1.29 is 18.4 Å². The number of amides is 3. The number of nitrogens with one attached hydrogen (secondary N) is 2. The van der Waals surface area contributed by atoms with Crippen LogP contribution in [0.25, 0.3) is 0 Å². The predicted octanol–water partition coefficient (Wildman–Crippen LogP) is 1.56. The minimum atomic E-state index is -0.562. The van der Waals surface area contributed by atoms with Crippen LogP contribution in [-0.2, 0) is 4.79 Å². The molecule has 3 rings (SSSR count). The van der Waals surface area contributed by atoms with Crippen LogP contribution in [0.2, 0.25) is 0 Å². The fourth-order valence-electron chi connectivity index (χ4n) is 2.67. The molecule has 0 spiro atoms. The van der Waals surface area contributed by atoms with E-state index in [0.717, 1.165) is 31.0 Å². The van der Waals surface area contributed by atoms with Gasteiger partial charge in [0.25, 0.3) is 0 Å². The number of halogens is 2. The molecule has 1 aliphatic carbocycles. The molecule has 7 heteroatoms. The van der Waals surface area contributed by atoms with Gasteiger partial charge in [0.15, 0.2) is 0 Å². The van der Waals surface area contributed by atoms with Crippen LogP contribution in [0, 0.1) is 17.6 Å². The quantitative estimate of drug-likeness (QED) is 0.890. The molecule has 1 atom stereocenters. The largest absolute Gasteiger partial charge is 0.353 e. The van der Waals surface area contributed by atoms with Gasteiger partial charge in [-0.15, -0.1) is 0 Å². The van der Waals surface area contributed by atoms with Gasteiger partial charge >= 0.3 is 6.03 Å². The van der Waals surface area contributed by atoms with Crippen molar-refractivity contribution in [3.8, 4) is 0 Å². The molecule has 1 aromatic rings. The fourth-order valence-corrected chi connectivity index (χ4v) is 2.67. The zero-order valence-electron chi connectivity index (χ0n) is 11.9. The van der Waals surface area contributed by atoms with Crippen molar-refractivity contribution in [3.63, 3.8) is 0 Å². The average molecular weight is 309 g/mol. The first kappa shape index (κ1) is 14.7. The second-order valence-corrected chi connectivity index (χ2v) is 5.70. The minimum Gasteiger partial charge on any atom is -0.353 e. The molecule has 2 aliphatic rings. The summed E-state index contributed by atoms with van der Waals surface area (Å²) in [5, 5.41) is 5.39.